The Balaban J connectivity index is 1.55. The smallest absolute Gasteiger partial charge is 0.322 e. The van der Waals surface area contributed by atoms with Gasteiger partial charge in [-0.05, 0) is 36.8 Å². The number of phenolic OH excluding ortho intramolecular Hbond substituents is 1. The third kappa shape index (κ3) is 3.02. The summed E-state index contributed by atoms with van der Waals surface area (Å²) in [5, 5.41) is 14.4. The van der Waals surface area contributed by atoms with Crippen molar-refractivity contribution < 1.29 is 24.2 Å². The van der Waals surface area contributed by atoms with Gasteiger partial charge in [-0.15, -0.1) is 0 Å². The standard InChI is InChI=1S/C20H19N3O5/c1-20(18(26)21-19(27)22-20)14-5-2-12(3-6-14)17(25)23-8-9-28-16-10-15(24)7-4-13(16)11-23/h2-7,10,24H,8-9,11H2,1H3,(H2,21,22,26,27). The Kier molecular flexibility index (Phi) is 4.18. The van der Waals surface area contributed by atoms with Crippen LogP contribution in [0.2, 0.25) is 0 Å². The van der Waals surface area contributed by atoms with E-state index in [0.717, 1.165) is 5.56 Å². The second kappa shape index (κ2) is 6.56. The fourth-order valence-electron chi connectivity index (χ4n) is 3.41. The molecule has 8 nitrogen and oxygen atoms in total. The third-order valence-corrected chi connectivity index (χ3v) is 5.07. The second-order valence-electron chi connectivity index (χ2n) is 6.98. The van der Waals surface area contributed by atoms with E-state index < -0.39 is 17.5 Å². The van der Waals surface area contributed by atoms with E-state index in [1.165, 1.54) is 0 Å². The summed E-state index contributed by atoms with van der Waals surface area (Å²) in [6, 6.07) is 10.9. The quantitative estimate of drug-likeness (QED) is 0.683. The van der Waals surface area contributed by atoms with Crippen LogP contribution in [0.3, 0.4) is 0 Å². The minimum Gasteiger partial charge on any atom is -0.508 e. The van der Waals surface area contributed by atoms with Crippen LogP contribution in [0.5, 0.6) is 11.5 Å². The summed E-state index contributed by atoms with van der Waals surface area (Å²) in [5.74, 6) is 0.0921. The summed E-state index contributed by atoms with van der Waals surface area (Å²) >= 11 is 0. The lowest BCUT2D eigenvalue weighted by Crippen LogP contribution is -2.40. The lowest BCUT2D eigenvalue weighted by molar-refractivity contribution is -0.123. The predicted molar refractivity (Wildman–Crippen MR) is 98.8 cm³/mol. The molecule has 144 valence electrons. The largest absolute Gasteiger partial charge is 0.508 e. The van der Waals surface area contributed by atoms with Crippen LogP contribution in [0.15, 0.2) is 42.5 Å². The molecule has 1 atom stereocenters. The number of amides is 4. The Morgan fingerprint density at radius 1 is 1.18 bits per heavy atom. The van der Waals surface area contributed by atoms with Crippen LogP contribution in [0, 0.1) is 0 Å². The van der Waals surface area contributed by atoms with Gasteiger partial charge < -0.3 is 20.1 Å². The molecule has 2 aliphatic rings. The molecule has 3 N–H and O–H groups in total. The van der Waals surface area contributed by atoms with Gasteiger partial charge in [-0.3, -0.25) is 14.9 Å². The fraction of sp³-hybridized carbons (Fsp3) is 0.250. The molecule has 4 rings (SSSR count). The van der Waals surface area contributed by atoms with Gasteiger partial charge in [0.1, 0.15) is 23.6 Å². The molecule has 0 aromatic heterocycles. The monoisotopic (exact) mass is 381 g/mol. The number of imide groups is 1. The fourth-order valence-corrected chi connectivity index (χ4v) is 3.41. The molecule has 2 aromatic carbocycles. The predicted octanol–water partition coefficient (Wildman–Crippen LogP) is 1.48. The van der Waals surface area contributed by atoms with E-state index >= 15 is 0 Å². The van der Waals surface area contributed by atoms with E-state index in [9.17, 15) is 19.5 Å². The van der Waals surface area contributed by atoms with Gasteiger partial charge in [-0.2, -0.15) is 0 Å². The van der Waals surface area contributed by atoms with Crippen molar-refractivity contribution in [3.63, 3.8) is 0 Å². The summed E-state index contributed by atoms with van der Waals surface area (Å²) in [6.07, 6.45) is 0. The van der Waals surface area contributed by atoms with Crippen molar-refractivity contribution in [2.24, 2.45) is 0 Å². The summed E-state index contributed by atoms with van der Waals surface area (Å²) < 4.78 is 5.63. The van der Waals surface area contributed by atoms with Crippen molar-refractivity contribution in [3.8, 4) is 11.5 Å². The van der Waals surface area contributed by atoms with E-state index in [4.69, 9.17) is 4.74 Å². The van der Waals surface area contributed by atoms with Crippen molar-refractivity contribution in [1.29, 1.82) is 0 Å². The zero-order valence-corrected chi connectivity index (χ0v) is 15.2. The Morgan fingerprint density at radius 2 is 1.93 bits per heavy atom. The number of benzene rings is 2. The van der Waals surface area contributed by atoms with Crippen LogP contribution in [0.1, 0.15) is 28.4 Å². The molecule has 8 heteroatoms. The molecular formula is C20H19N3O5. The van der Waals surface area contributed by atoms with Gasteiger partial charge >= 0.3 is 6.03 Å². The van der Waals surface area contributed by atoms with Crippen LogP contribution in [-0.4, -0.2) is 41.0 Å². The number of urea groups is 1. The maximum Gasteiger partial charge on any atom is 0.322 e. The van der Waals surface area contributed by atoms with Crippen LogP contribution >= 0.6 is 0 Å². The second-order valence-corrected chi connectivity index (χ2v) is 6.98. The minimum absolute atomic E-state index is 0.116. The number of fused-ring (bicyclic) bond motifs is 1. The van der Waals surface area contributed by atoms with E-state index in [0.29, 0.717) is 36.6 Å². The first-order valence-corrected chi connectivity index (χ1v) is 8.85. The number of nitrogens with one attached hydrogen (secondary N) is 2. The molecule has 28 heavy (non-hydrogen) atoms. The number of carbonyl (C=O) groups is 3. The third-order valence-electron chi connectivity index (χ3n) is 5.07. The van der Waals surface area contributed by atoms with Gasteiger partial charge in [0, 0.05) is 23.7 Å². The SMILES string of the molecule is CC1(c2ccc(C(=O)N3CCOc4cc(O)ccc4C3)cc2)NC(=O)NC1=O. The first-order valence-electron chi connectivity index (χ1n) is 8.85. The first-order chi connectivity index (χ1) is 13.4. The zero-order valence-electron chi connectivity index (χ0n) is 15.2. The lowest BCUT2D eigenvalue weighted by Gasteiger charge is -2.23. The van der Waals surface area contributed by atoms with Gasteiger partial charge in [0.2, 0.25) is 0 Å². The number of rotatable bonds is 2. The van der Waals surface area contributed by atoms with Crippen LogP contribution in [-0.2, 0) is 16.9 Å². The van der Waals surface area contributed by atoms with Gasteiger partial charge in [0.25, 0.3) is 11.8 Å². The van der Waals surface area contributed by atoms with Crippen molar-refractivity contribution in [1.82, 2.24) is 15.5 Å². The van der Waals surface area contributed by atoms with Gasteiger partial charge in [-0.1, -0.05) is 12.1 Å². The minimum atomic E-state index is -1.16. The highest BCUT2D eigenvalue weighted by atomic mass is 16.5. The van der Waals surface area contributed by atoms with Gasteiger partial charge in [0.15, 0.2) is 0 Å². The Hall–Kier alpha value is -3.55. The van der Waals surface area contributed by atoms with Crippen LogP contribution in [0.4, 0.5) is 4.79 Å². The number of hydrogen-bond donors (Lipinski definition) is 3. The number of hydrogen-bond acceptors (Lipinski definition) is 5. The van der Waals surface area contributed by atoms with Crippen LogP contribution in [0.25, 0.3) is 0 Å². The van der Waals surface area contributed by atoms with Gasteiger partial charge in [-0.25, -0.2) is 4.79 Å². The lowest BCUT2D eigenvalue weighted by atomic mass is 9.91. The molecule has 2 aliphatic heterocycles. The summed E-state index contributed by atoms with van der Waals surface area (Å²) in [6.45, 7) is 2.71. The Morgan fingerprint density at radius 3 is 2.61 bits per heavy atom. The maximum absolute atomic E-state index is 12.9. The van der Waals surface area contributed by atoms with Crippen molar-refractivity contribution in [2.45, 2.75) is 19.0 Å². The highest BCUT2D eigenvalue weighted by molar-refractivity contribution is 6.07. The number of ether oxygens (including phenoxy) is 1. The molecule has 2 aromatic rings. The number of phenols is 1. The molecule has 4 amide bonds. The highest BCUT2D eigenvalue weighted by Gasteiger charge is 2.43. The summed E-state index contributed by atoms with van der Waals surface area (Å²) in [5.41, 5.74) is 0.723. The molecular weight excluding hydrogens is 362 g/mol. The molecule has 0 radical (unpaired) electrons. The van der Waals surface area contributed by atoms with Crippen molar-refractivity contribution in [2.75, 3.05) is 13.2 Å². The maximum atomic E-state index is 12.9. The van der Waals surface area contributed by atoms with E-state index in [1.807, 2.05) is 0 Å². The molecule has 0 saturated carbocycles. The normalized spacial score (nSPS) is 21.2. The number of nitrogens with zero attached hydrogens (tertiary/aromatic N) is 1. The molecule has 1 fully saturated rings. The molecule has 0 spiro atoms. The Labute approximate surface area is 161 Å². The molecule has 2 heterocycles. The number of aromatic hydroxyl groups is 1. The topological polar surface area (TPSA) is 108 Å². The Bertz CT molecular complexity index is 972. The highest BCUT2D eigenvalue weighted by Crippen LogP contribution is 2.28. The van der Waals surface area contributed by atoms with E-state index in [-0.39, 0.29) is 11.7 Å². The molecule has 1 unspecified atom stereocenters. The first kappa shape index (κ1) is 17.8. The van der Waals surface area contributed by atoms with Crippen molar-refractivity contribution in [3.05, 3.63) is 59.2 Å². The molecule has 1 saturated heterocycles. The zero-order chi connectivity index (χ0) is 19.9. The average Bonchev–Trinajstić information content (AvgIpc) is 2.83. The molecule has 0 bridgehead atoms. The summed E-state index contributed by atoms with van der Waals surface area (Å²) in [7, 11) is 0. The number of carbonyl (C=O) groups excluding carboxylic acids is 3. The molecule has 0 aliphatic carbocycles. The van der Waals surface area contributed by atoms with Gasteiger partial charge in [0.05, 0.1) is 6.54 Å². The summed E-state index contributed by atoms with van der Waals surface area (Å²) in [4.78, 5) is 38.1. The van der Waals surface area contributed by atoms with Crippen LogP contribution < -0.4 is 15.4 Å². The van der Waals surface area contributed by atoms with Crippen molar-refractivity contribution >= 4 is 17.8 Å². The van der Waals surface area contributed by atoms with E-state index in [1.54, 1.807) is 54.3 Å². The van der Waals surface area contributed by atoms with E-state index in [2.05, 4.69) is 10.6 Å². The average molecular weight is 381 g/mol.